The Bertz CT molecular complexity index is 974. The number of hydrogen-bond donors (Lipinski definition) is 0. The number of sulfonamides is 1. The van der Waals surface area contributed by atoms with E-state index in [1.165, 1.54) is 29.4 Å². The molecule has 0 radical (unpaired) electrons. The van der Waals surface area contributed by atoms with E-state index >= 15 is 0 Å². The fourth-order valence-corrected chi connectivity index (χ4v) is 5.58. The van der Waals surface area contributed by atoms with Gasteiger partial charge in [0.25, 0.3) is 15.9 Å². The van der Waals surface area contributed by atoms with E-state index in [4.69, 9.17) is 16.0 Å². The van der Waals surface area contributed by atoms with Crippen molar-refractivity contribution in [3.63, 3.8) is 0 Å². The van der Waals surface area contributed by atoms with E-state index in [1.54, 1.807) is 18.2 Å². The van der Waals surface area contributed by atoms with Crippen molar-refractivity contribution in [2.24, 2.45) is 4.40 Å². The van der Waals surface area contributed by atoms with Crippen LogP contribution in [0, 0.1) is 0 Å². The summed E-state index contributed by atoms with van der Waals surface area (Å²) in [6.07, 6.45) is 4.52. The van der Waals surface area contributed by atoms with E-state index in [1.807, 2.05) is 0 Å². The zero-order chi connectivity index (χ0) is 18.0. The number of carbonyl (C=O) groups is 1. The molecule has 130 valence electrons. The molecule has 0 unspecified atom stereocenters. The molecule has 0 N–H and O–H groups in total. The molecule has 3 heterocycles. The third kappa shape index (κ3) is 3.90. The van der Waals surface area contributed by atoms with E-state index in [2.05, 4.69) is 11.0 Å². The molecule has 1 amide bonds. The summed E-state index contributed by atoms with van der Waals surface area (Å²) in [5.74, 6) is 0.128. The summed E-state index contributed by atoms with van der Waals surface area (Å²) in [6.45, 7) is 3.73. The van der Waals surface area contributed by atoms with Gasteiger partial charge < -0.3 is 4.42 Å². The number of furan rings is 1. The average molecular weight is 415 g/mol. The van der Waals surface area contributed by atoms with Crippen molar-refractivity contribution in [2.75, 3.05) is 6.54 Å². The average Bonchev–Trinajstić information content (AvgIpc) is 3.26. The Balaban J connectivity index is 1.99. The molecule has 1 aliphatic rings. The minimum Gasteiger partial charge on any atom is -0.465 e. The van der Waals surface area contributed by atoms with E-state index in [0.717, 1.165) is 23.1 Å². The maximum atomic E-state index is 12.5. The monoisotopic (exact) mass is 414 g/mol. The van der Waals surface area contributed by atoms with Gasteiger partial charge in [0, 0.05) is 12.6 Å². The predicted molar refractivity (Wildman–Crippen MR) is 100 cm³/mol. The van der Waals surface area contributed by atoms with Crippen LogP contribution in [0.3, 0.4) is 0 Å². The van der Waals surface area contributed by atoms with Crippen molar-refractivity contribution in [2.45, 2.75) is 4.21 Å². The Morgan fingerprint density at radius 1 is 1.36 bits per heavy atom. The highest BCUT2D eigenvalue weighted by molar-refractivity contribution is 8.19. The molecule has 0 aromatic carbocycles. The highest BCUT2D eigenvalue weighted by Crippen LogP contribution is 2.34. The standard InChI is InChI=1S/C15H11ClN2O4S3/c1-2-7-18-14(19)11(9-10-4-3-8-22-10)23-15(18)17-25(20,21)13-6-5-12(16)24-13/h2-6,8-9H,1,7H2/b11-9-,17-15?. The van der Waals surface area contributed by atoms with Gasteiger partial charge in [-0.1, -0.05) is 17.7 Å². The Labute approximate surface area is 157 Å². The van der Waals surface area contributed by atoms with Crippen LogP contribution >= 0.6 is 34.7 Å². The number of hydrogen-bond acceptors (Lipinski definition) is 6. The summed E-state index contributed by atoms with van der Waals surface area (Å²) >= 11 is 7.66. The van der Waals surface area contributed by atoms with Crippen molar-refractivity contribution in [3.05, 3.63) is 58.2 Å². The first-order valence-corrected chi connectivity index (χ1v) is 10.3. The van der Waals surface area contributed by atoms with Crippen molar-refractivity contribution < 1.29 is 17.6 Å². The van der Waals surface area contributed by atoms with Crippen molar-refractivity contribution in [1.82, 2.24) is 4.90 Å². The SMILES string of the molecule is C=CCN1C(=O)/C(=C/c2ccco2)SC1=NS(=O)(=O)c1ccc(Cl)s1. The number of halogens is 1. The number of thioether (sulfide) groups is 1. The zero-order valence-electron chi connectivity index (χ0n) is 12.6. The molecule has 0 atom stereocenters. The Morgan fingerprint density at radius 3 is 2.76 bits per heavy atom. The van der Waals surface area contributed by atoms with Gasteiger partial charge in [0.1, 0.15) is 9.97 Å². The fourth-order valence-electron chi connectivity index (χ4n) is 1.95. The van der Waals surface area contributed by atoms with Gasteiger partial charge in [0.05, 0.1) is 15.5 Å². The second-order valence-corrected chi connectivity index (χ2v) is 9.29. The van der Waals surface area contributed by atoms with Gasteiger partial charge in [-0.2, -0.15) is 8.42 Å². The lowest BCUT2D eigenvalue weighted by Gasteiger charge is -2.12. The van der Waals surface area contributed by atoms with Crippen LogP contribution in [0.4, 0.5) is 0 Å². The quantitative estimate of drug-likeness (QED) is 0.548. The summed E-state index contributed by atoms with van der Waals surface area (Å²) in [6, 6.07) is 6.25. The van der Waals surface area contributed by atoms with E-state index in [-0.39, 0.29) is 21.8 Å². The highest BCUT2D eigenvalue weighted by atomic mass is 35.5. The molecular weight excluding hydrogens is 404 g/mol. The lowest BCUT2D eigenvalue weighted by molar-refractivity contribution is -0.121. The van der Waals surface area contributed by atoms with Crippen LogP contribution in [0.5, 0.6) is 0 Å². The minimum absolute atomic E-state index is 0.0140. The van der Waals surface area contributed by atoms with Gasteiger partial charge in [0.15, 0.2) is 5.17 Å². The summed E-state index contributed by atoms with van der Waals surface area (Å²) in [5.41, 5.74) is 0. The maximum absolute atomic E-state index is 12.5. The molecule has 1 saturated heterocycles. The lowest BCUT2D eigenvalue weighted by Crippen LogP contribution is -2.29. The van der Waals surface area contributed by atoms with Crippen LogP contribution in [0.15, 0.2) is 61.1 Å². The second-order valence-electron chi connectivity index (χ2n) is 4.74. The second kappa shape index (κ2) is 7.20. The molecule has 10 heteroatoms. The molecule has 0 aliphatic carbocycles. The third-order valence-corrected chi connectivity index (χ3v) is 7.11. The van der Waals surface area contributed by atoms with Gasteiger partial charge in [-0.3, -0.25) is 9.69 Å². The van der Waals surface area contributed by atoms with Crippen molar-refractivity contribution in [3.8, 4) is 0 Å². The number of thiophene rings is 1. The van der Waals surface area contributed by atoms with Gasteiger partial charge in [-0.05, 0) is 36.0 Å². The first-order valence-electron chi connectivity index (χ1n) is 6.87. The molecule has 1 fully saturated rings. The summed E-state index contributed by atoms with van der Waals surface area (Å²) in [4.78, 5) is 14.1. The van der Waals surface area contributed by atoms with Crippen LogP contribution in [0.1, 0.15) is 5.76 Å². The molecule has 2 aromatic heterocycles. The maximum Gasteiger partial charge on any atom is 0.294 e. The van der Waals surface area contributed by atoms with Gasteiger partial charge >= 0.3 is 0 Å². The Hall–Kier alpha value is -1.81. The topological polar surface area (TPSA) is 80.0 Å². The molecule has 6 nitrogen and oxygen atoms in total. The summed E-state index contributed by atoms with van der Waals surface area (Å²) < 4.78 is 34.2. The summed E-state index contributed by atoms with van der Waals surface area (Å²) in [7, 11) is -3.96. The third-order valence-electron chi connectivity index (χ3n) is 3.02. The molecular formula is C15H11ClN2O4S3. The van der Waals surface area contributed by atoms with Crippen molar-refractivity contribution in [1.29, 1.82) is 0 Å². The Morgan fingerprint density at radius 2 is 2.16 bits per heavy atom. The number of amides is 1. The van der Waals surface area contributed by atoms with Crippen LogP contribution in [-0.4, -0.2) is 30.9 Å². The predicted octanol–water partition coefficient (Wildman–Crippen LogP) is 3.84. The fraction of sp³-hybridized carbons (Fsp3) is 0.0667. The van der Waals surface area contributed by atoms with E-state index < -0.39 is 10.0 Å². The highest BCUT2D eigenvalue weighted by Gasteiger charge is 2.34. The van der Waals surface area contributed by atoms with Crippen LogP contribution < -0.4 is 0 Å². The molecule has 25 heavy (non-hydrogen) atoms. The first kappa shape index (κ1) is 18.0. The summed E-state index contributed by atoms with van der Waals surface area (Å²) in [5, 5.41) is 0.0622. The lowest BCUT2D eigenvalue weighted by atomic mass is 10.3. The number of carbonyl (C=O) groups excluding carboxylic acids is 1. The molecule has 2 aromatic rings. The largest absolute Gasteiger partial charge is 0.465 e. The first-order chi connectivity index (χ1) is 11.9. The minimum atomic E-state index is -3.96. The van der Waals surface area contributed by atoms with E-state index in [9.17, 15) is 13.2 Å². The molecule has 3 rings (SSSR count). The van der Waals surface area contributed by atoms with Gasteiger partial charge in [-0.15, -0.1) is 22.3 Å². The molecule has 0 spiro atoms. The molecule has 0 bridgehead atoms. The number of nitrogens with zero attached hydrogens (tertiary/aromatic N) is 2. The number of amidine groups is 1. The zero-order valence-corrected chi connectivity index (χ0v) is 15.8. The Kier molecular flexibility index (Phi) is 5.19. The molecule has 1 aliphatic heterocycles. The van der Waals surface area contributed by atoms with Gasteiger partial charge in [0.2, 0.25) is 0 Å². The van der Waals surface area contributed by atoms with E-state index in [0.29, 0.717) is 15.0 Å². The molecule has 0 saturated carbocycles. The van der Waals surface area contributed by atoms with Gasteiger partial charge in [-0.25, -0.2) is 0 Å². The van der Waals surface area contributed by atoms with Crippen molar-refractivity contribution >= 4 is 61.9 Å². The van der Waals surface area contributed by atoms with Crippen LogP contribution in [0.25, 0.3) is 6.08 Å². The van der Waals surface area contributed by atoms with Crippen LogP contribution in [0.2, 0.25) is 4.34 Å². The normalized spacial score (nSPS) is 18.4. The van der Waals surface area contributed by atoms with Crippen LogP contribution in [-0.2, 0) is 14.8 Å². The number of rotatable bonds is 5. The smallest absolute Gasteiger partial charge is 0.294 e.